The first kappa shape index (κ1) is 12.9. The van der Waals surface area contributed by atoms with Crippen molar-refractivity contribution in [1.29, 1.82) is 0 Å². The van der Waals surface area contributed by atoms with Crippen LogP contribution >= 0.6 is 0 Å². The molecule has 0 saturated carbocycles. The van der Waals surface area contributed by atoms with E-state index in [1.165, 1.54) is 13.0 Å². The number of rotatable bonds is 2. The van der Waals surface area contributed by atoms with Crippen LogP contribution in [0.2, 0.25) is 0 Å². The van der Waals surface area contributed by atoms with Crippen molar-refractivity contribution >= 4 is 0 Å². The minimum absolute atomic E-state index is 0.258. The Morgan fingerprint density at radius 1 is 1.31 bits per heavy atom. The van der Waals surface area contributed by atoms with Gasteiger partial charge in [-0.25, -0.2) is 0 Å². The summed E-state index contributed by atoms with van der Waals surface area (Å²) >= 11 is 0. The summed E-state index contributed by atoms with van der Waals surface area (Å²) in [5.74, 6) is 0. The maximum absolute atomic E-state index is 5.42. The number of nitrogens with zero attached hydrogens (tertiary/aromatic N) is 1. The second-order valence-electron chi connectivity index (χ2n) is 3.85. The Hall–Kier alpha value is -0.0800. The van der Waals surface area contributed by atoms with Crippen LogP contribution in [0, 0.1) is 0 Å². The van der Waals surface area contributed by atoms with Gasteiger partial charge in [-0.15, -0.1) is 0 Å². The van der Waals surface area contributed by atoms with E-state index in [9.17, 15) is 0 Å². The first-order valence-electron chi connectivity index (χ1n) is 5.49. The van der Waals surface area contributed by atoms with Crippen LogP contribution in [0.3, 0.4) is 0 Å². The molecule has 13 heavy (non-hydrogen) atoms. The third-order valence-electron chi connectivity index (χ3n) is 2.31. The molecule has 1 aliphatic rings. The monoisotopic (exact) mass is 187 g/mol. The van der Waals surface area contributed by atoms with E-state index in [0.717, 1.165) is 19.8 Å². The molecule has 0 unspecified atom stereocenters. The molecule has 80 valence electrons. The molecule has 0 bridgehead atoms. The predicted octanol–water partition coefficient (Wildman–Crippen LogP) is 2.53. The van der Waals surface area contributed by atoms with Gasteiger partial charge < -0.3 is 4.74 Å². The molecule has 1 saturated heterocycles. The molecule has 0 aromatic heterocycles. The highest BCUT2D eigenvalue weighted by Gasteiger charge is 2.29. The Bertz CT molecular complexity index is 121. The van der Waals surface area contributed by atoms with Crippen molar-refractivity contribution in [2.45, 2.75) is 46.6 Å². The summed E-state index contributed by atoms with van der Waals surface area (Å²) in [7, 11) is 0. The maximum atomic E-state index is 5.42. The lowest BCUT2D eigenvalue weighted by atomic mass is 10.0. The van der Waals surface area contributed by atoms with E-state index in [0.29, 0.717) is 0 Å². The molecule has 1 aliphatic heterocycles. The minimum atomic E-state index is 0.258. The zero-order valence-corrected chi connectivity index (χ0v) is 9.89. The van der Waals surface area contributed by atoms with Crippen LogP contribution in [-0.2, 0) is 4.74 Å². The molecule has 2 heteroatoms. The molecular formula is C11H25NO. The summed E-state index contributed by atoms with van der Waals surface area (Å²) in [6.07, 6.45) is 1.24. The van der Waals surface area contributed by atoms with Gasteiger partial charge in [-0.05, 0) is 26.8 Å². The fourth-order valence-corrected chi connectivity index (χ4v) is 1.58. The molecule has 2 nitrogen and oxygen atoms in total. The van der Waals surface area contributed by atoms with Crippen LogP contribution in [0.4, 0.5) is 0 Å². The SMILES string of the molecule is CC.CCCN1CCOCC1(C)C. The number of hydrogen-bond donors (Lipinski definition) is 0. The Balaban J connectivity index is 0.000000671. The van der Waals surface area contributed by atoms with Gasteiger partial charge >= 0.3 is 0 Å². The summed E-state index contributed by atoms with van der Waals surface area (Å²) in [6.45, 7) is 14.8. The van der Waals surface area contributed by atoms with Crippen LogP contribution in [-0.4, -0.2) is 36.7 Å². The molecule has 0 atom stereocenters. The summed E-state index contributed by atoms with van der Waals surface area (Å²) in [5.41, 5.74) is 0.258. The van der Waals surface area contributed by atoms with Crippen molar-refractivity contribution in [3.63, 3.8) is 0 Å². The summed E-state index contributed by atoms with van der Waals surface area (Å²) in [5, 5.41) is 0. The minimum Gasteiger partial charge on any atom is -0.378 e. The maximum Gasteiger partial charge on any atom is 0.0645 e. The standard InChI is InChI=1S/C9H19NO.C2H6/c1-4-5-10-6-7-11-8-9(10,2)3;1-2/h4-8H2,1-3H3;1-2H3. The van der Waals surface area contributed by atoms with Crippen molar-refractivity contribution in [2.24, 2.45) is 0 Å². The summed E-state index contributed by atoms with van der Waals surface area (Å²) in [6, 6.07) is 0. The lowest BCUT2D eigenvalue weighted by Gasteiger charge is -2.42. The molecule has 0 amide bonds. The quantitative estimate of drug-likeness (QED) is 0.658. The zero-order chi connectivity index (χ0) is 10.3. The highest BCUT2D eigenvalue weighted by atomic mass is 16.5. The molecule has 1 fully saturated rings. The van der Waals surface area contributed by atoms with E-state index in [1.807, 2.05) is 13.8 Å². The van der Waals surface area contributed by atoms with Crippen molar-refractivity contribution in [3.8, 4) is 0 Å². The Morgan fingerprint density at radius 2 is 1.92 bits per heavy atom. The second kappa shape index (κ2) is 6.39. The number of ether oxygens (including phenoxy) is 1. The Morgan fingerprint density at radius 3 is 2.38 bits per heavy atom. The van der Waals surface area contributed by atoms with E-state index < -0.39 is 0 Å². The van der Waals surface area contributed by atoms with Gasteiger partial charge in [0.2, 0.25) is 0 Å². The summed E-state index contributed by atoms with van der Waals surface area (Å²) < 4.78 is 5.42. The van der Waals surface area contributed by atoms with Gasteiger partial charge in [-0.1, -0.05) is 20.8 Å². The third-order valence-corrected chi connectivity index (χ3v) is 2.31. The zero-order valence-electron chi connectivity index (χ0n) is 9.89. The van der Waals surface area contributed by atoms with Crippen molar-refractivity contribution < 1.29 is 4.74 Å². The van der Waals surface area contributed by atoms with Gasteiger partial charge in [-0.2, -0.15) is 0 Å². The van der Waals surface area contributed by atoms with Crippen LogP contribution in [0.1, 0.15) is 41.0 Å². The van der Waals surface area contributed by atoms with Gasteiger partial charge in [0, 0.05) is 12.1 Å². The molecular weight excluding hydrogens is 162 g/mol. The lowest BCUT2D eigenvalue weighted by molar-refractivity contribution is -0.0506. The van der Waals surface area contributed by atoms with E-state index in [-0.39, 0.29) is 5.54 Å². The van der Waals surface area contributed by atoms with E-state index in [4.69, 9.17) is 4.74 Å². The van der Waals surface area contributed by atoms with Crippen molar-refractivity contribution in [1.82, 2.24) is 4.90 Å². The highest BCUT2D eigenvalue weighted by Crippen LogP contribution is 2.18. The lowest BCUT2D eigenvalue weighted by Crippen LogP contribution is -2.52. The Labute approximate surface area is 83.3 Å². The molecule has 0 spiro atoms. The first-order chi connectivity index (χ1) is 6.17. The molecule has 1 heterocycles. The van der Waals surface area contributed by atoms with E-state index in [2.05, 4.69) is 25.7 Å². The smallest absolute Gasteiger partial charge is 0.0645 e. The van der Waals surface area contributed by atoms with Crippen LogP contribution in [0.25, 0.3) is 0 Å². The topological polar surface area (TPSA) is 12.5 Å². The average molecular weight is 187 g/mol. The van der Waals surface area contributed by atoms with E-state index >= 15 is 0 Å². The van der Waals surface area contributed by atoms with Gasteiger partial charge in [0.1, 0.15) is 0 Å². The second-order valence-corrected chi connectivity index (χ2v) is 3.85. The largest absolute Gasteiger partial charge is 0.378 e. The number of morpholine rings is 1. The van der Waals surface area contributed by atoms with Crippen molar-refractivity contribution in [2.75, 3.05) is 26.3 Å². The Kier molecular flexibility index (Phi) is 6.35. The third kappa shape index (κ3) is 4.10. The summed E-state index contributed by atoms with van der Waals surface area (Å²) in [4.78, 5) is 2.51. The molecule has 0 aliphatic carbocycles. The highest BCUT2D eigenvalue weighted by molar-refractivity contribution is 4.83. The normalized spacial score (nSPS) is 21.9. The first-order valence-corrected chi connectivity index (χ1v) is 5.49. The van der Waals surface area contributed by atoms with Crippen LogP contribution < -0.4 is 0 Å². The van der Waals surface area contributed by atoms with Crippen LogP contribution in [0.5, 0.6) is 0 Å². The van der Waals surface area contributed by atoms with Gasteiger partial charge in [0.15, 0.2) is 0 Å². The van der Waals surface area contributed by atoms with Gasteiger partial charge in [-0.3, -0.25) is 4.90 Å². The molecule has 0 aromatic rings. The van der Waals surface area contributed by atoms with E-state index in [1.54, 1.807) is 0 Å². The molecule has 1 rings (SSSR count). The fourth-order valence-electron chi connectivity index (χ4n) is 1.58. The number of hydrogen-bond acceptors (Lipinski definition) is 2. The van der Waals surface area contributed by atoms with Gasteiger partial charge in [0.25, 0.3) is 0 Å². The van der Waals surface area contributed by atoms with Crippen molar-refractivity contribution in [3.05, 3.63) is 0 Å². The van der Waals surface area contributed by atoms with Crippen LogP contribution in [0.15, 0.2) is 0 Å². The molecule has 0 aromatic carbocycles. The molecule has 0 radical (unpaired) electrons. The van der Waals surface area contributed by atoms with Gasteiger partial charge in [0.05, 0.1) is 13.2 Å². The predicted molar refractivity (Wildman–Crippen MR) is 58.1 cm³/mol. The fraction of sp³-hybridized carbons (Fsp3) is 1.00. The molecule has 0 N–H and O–H groups in total. The average Bonchev–Trinajstić information content (AvgIpc) is 2.12.